The highest BCUT2D eigenvalue weighted by Crippen LogP contribution is 2.41. The second-order valence-electron chi connectivity index (χ2n) is 4.61. The molecule has 0 saturated heterocycles. The standard InChI is InChI=1S/C9H19IOSi/c1-12(2,3)11-6-4-5-8-7-9(8)10/h8-9H,4-7H2,1-3H3/t8-,9-/m1/s1. The normalized spacial score (nSPS) is 29.0. The van der Waals surface area contributed by atoms with E-state index >= 15 is 0 Å². The van der Waals surface area contributed by atoms with Gasteiger partial charge in [-0.15, -0.1) is 0 Å². The van der Waals surface area contributed by atoms with E-state index in [1.165, 1.54) is 19.3 Å². The molecule has 3 heteroatoms. The van der Waals surface area contributed by atoms with Crippen LogP contribution in [0.2, 0.25) is 19.6 Å². The van der Waals surface area contributed by atoms with Gasteiger partial charge in [-0.25, -0.2) is 0 Å². The zero-order chi connectivity index (χ0) is 9.19. The van der Waals surface area contributed by atoms with Gasteiger partial charge in [-0.2, -0.15) is 0 Å². The maximum absolute atomic E-state index is 5.78. The van der Waals surface area contributed by atoms with Crippen LogP contribution < -0.4 is 0 Å². The van der Waals surface area contributed by atoms with Gasteiger partial charge in [-0.05, 0) is 44.8 Å². The van der Waals surface area contributed by atoms with E-state index in [1.807, 2.05) is 0 Å². The van der Waals surface area contributed by atoms with Crippen LogP contribution in [0.5, 0.6) is 0 Å². The lowest BCUT2D eigenvalue weighted by Crippen LogP contribution is -2.25. The van der Waals surface area contributed by atoms with Crippen molar-refractivity contribution in [2.75, 3.05) is 6.61 Å². The molecule has 12 heavy (non-hydrogen) atoms. The zero-order valence-electron chi connectivity index (χ0n) is 8.27. The molecule has 1 rings (SSSR count). The van der Waals surface area contributed by atoms with E-state index in [0.717, 1.165) is 16.4 Å². The van der Waals surface area contributed by atoms with Crippen molar-refractivity contribution >= 4 is 30.9 Å². The van der Waals surface area contributed by atoms with Crippen LogP contribution in [0.25, 0.3) is 0 Å². The molecule has 0 heterocycles. The fourth-order valence-corrected chi connectivity index (χ4v) is 3.00. The molecule has 0 spiro atoms. The summed E-state index contributed by atoms with van der Waals surface area (Å²) in [5.74, 6) is 1.02. The summed E-state index contributed by atoms with van der Waals surface area (Å²) < 4.78 is 6.76. The van der Waals surface area contributed by atoms with Gasteiger partial charge in [0, 0.05) is 10.5 Å². The zero-order valence-corrected chi connectivity index (χ0v) is 11.4. The molecule has 0 aromatic heterocycles. The van der Waals surface area contributed by atoms with Gasteiger partial charge < -0.3 is 4.43 Å². The van der Waals surface area contributed by atoms with Gasteiger partial charge >= 0.3 is 0 Å². The summed E-state index contributed by atoms with van der Waals surface area (Å²) in [4.78, 5) is 0. The number of hydrogen-bond acceptors (Lipinski definition) is 1. The summed E-state index contributed by atoms with van der Waals surface area (Å²) in [6, 6.07) is 0. The molecule has 0 aromatic carbocycles. The molecule has 0 bridgehead atoms. The van der Waals surface area contributed by atoms with Crippen molar-refractivity contribution in [2.24, 2.45) is 5.92 Å². The lowest BCUT2D eigenvalue weighted by Gasteiger charge is -2.16. The molecule has 2 atom stereocenters. The highest BCUT2D eigenvalue weighted by atomic mass is 127. The maximum Gasteiger partial charge on any atom is 0.183 e. The van der Waals surface area contributed by atoms with Crippen molar-refractivity contribution in [1.82, 2.24) is 0 Å². The minimum Gasteiger partial charge on any atom is -0.418 e. The Balaban J connectivity index is 1.90. The van der Waals surface area contributed by atoms with E-state index in [4.69, 9.17) is 4.43 Å². The van der Waals surface area contributed by atoms with Gasteiger partial charge in [-0.3, -0.25) is 0 Å². The highest BCUT2D eigenvalue weighted by Gasteiger charge is 2.33. The average molecular weight is 298 g/mol. The van der Waals surface area contributed by atoms with Crippen LogP contribution in [-0.2, 0) is 4.43 Å². The molecule has 1 saturated carbocycles. The SMILES string of the molecule is C[Si](C)(C)OCCC[C@@H]1C[C@H]1I. The number of hydrogen-bond donors (Lipinski definition) is 0. The van der Waals surface area contributed by atoms with E-state index < -0.39 is 8.32 Å². The topological polar surface area (TPSA) is 9.23 Å². The van der Waals surface area contributed by atoms with Crippen molar-refractivity contribution in [2.45, 2.75) is 42.8 Å². The summed E-state index contributed by atoms with van der Waals surface area (Å²) in [6.45, 7) is 7.76. The molecular weight excluding hydrogens is 279 g/mol. The smallest absolute Gasteiger partial charge is 0.183 e. The molecule has 0 radical (unpaired) electrons. The number of rotatable bonds is 5. The summed E-state index contributed by atoms with van der Waals surface area (Å²) in [6.07, 6.45) is 4.11. The Hall–Kier alpha value is 0.907. The predicted molar refractivity (Wildman–Crippen MR) is 64.4 cm³/mol. The summed E-state index contributed by atoms with van der Waals surface area (Å²) in [7, 11) is -1.23. The predicted octanol–water partition coefficient (Wildman–Crippen LogP) is 3.44. The molecular formula is C9H19IOSi. The first-order chi connectivity index (χ1) is 5.49. The largest absolute Gasteiger partial charge is 0.418 e. The molecule has 1 aliphatic carbocycles. The third kappa shape index (κ3) is 4.82. The van der Waals surface area contributed by atoms with Crippen molar-refractivity contribution in [3.63, 3.8) is 0 Å². The van der Waals surface area contributed by atoms with Crippen LogP contribution in [0.3, 0.4) is 0 Å². The van der Waals surface area contributed by atoms with Crippen LogP contribution >= 0.6 is 22.6 Å². The molecule has 0 N–H and O–H groups in total. The molecule has 0 aliphatic heterocycles. The highest BCUT2D eigenvalue weighted by molar-refractivity contribution is 14.1. The second-order valence-corrected chi connectivity index (χ2v) is 10.7. The minimum atomic E-state index is -1.23. The molecule has 1 fully saturated rings. The van der Waals surface area contributed by atoms with Gasteiger partial charge in [0.05, 0.1) is 0 Å². The van der Waals surface area contributed by atoms with E-state index in [1.54, 1.807) is 0 Å². The Bertz CT molecular complexity index is 144. The average Bonchev–Trinajstić information content (AvgIpc) is 2.57. The molecule has 1 aliphatic rings. The van der Waals surface area contributed by atoms with Crippen LogP contribution in [0.4, 0.5) is 0 Å². The van der Waals surface area contributed by atoms with Gasteiger partial charge in [-0.1, -0.05) is 22.6 Å². The molecule has 72 valence electrons. The summed E-state index contributed by atoms with van der Waals surface area (Å²) in [5.41, 5.74) is 0. The van der Waals surface area contributed by atoms with E-state index in [0.29, 0.717) is 0 Å². The van der Waals surface area contributed by atoms with Crippen molar-refractivity contribution in [3.05, 3.63) is 0 Å². The first-order valence-corrected chi connectivity index (χ1v) is 9.42. The third-order valence-corrected chi connectivity index (χ3v) is 4.69. The molecule has 0 amide bonds. The monoisotopic (exact) mass is 298 g/mol. The Morgan fingerprint density at radius 1 is 1.42 bits per heavy atom. The quantitative estimate of drug-likeness (QED) is 0.327. The Morgan fingerprint density at radius 2 is 2.00 bits per heavy atom. The van der Waals surface area contributed by atoms with Crippen LogP contribution in [0.1, 0.15) is 19.3 Å². The van der Waals surface area contributed by atoms with Crippen molar-refractivity contribution in [1.29, 1.82) is 0 Å². The fourth-order valence-electron chi connectivity index (χ4n) is 1.23. The first kappa shape index (κ1) is 11.0. The van der Waals surface area contributed by atoms with E-state index in [9.17, 15) is 0 Å². The minimum absolute atomic E-state index is 0.981. The van der Waals surface area contributed by atoms with Crippen LogP contribution in [0, 0.1) is 5.92 Å². The van der Waals surface area contributed by atoms with Gasteiger partial charge in [0.15, 0.2) is 8.32 Å². The Kier molecular flexibility index (Phi) is 4.04. The lowest BCUT2D eigenvalue weighted by molar-refractivity contribution is 0.297. The van der Waals surface area contributed by atoms with Gasteiger partial charge in [0.25, 0.3) is 0 Å². The molecule has 0 aromatic rings. The maximum atomic E-state index is 5.78. The number of alkyl halides is 1. The third-order valence-electron chi connectivity index (χ3n) is 2.09. The lowest BCUT2D eigenvalue weighted by atomic mass is 10.2. The summed E-state index contributed by atoms with van der Waals surface area (Å²) >= 11 is 2.55. The van der Waals surface area contributed by atoms with Crippen molar-refractivity contribution in [3.8, 4) is 0 Å². The van der Waals surface area contributed by atoms with E-state index in [-0.39, 0.29) is 0 Å². The first-order valence-electron chi connectivity index (χ1n) is 4.77. The molecule has 0 unspecified atom stereocenters. The Labute approximate surface area is 90.5 Å². The van der Waals surface area contributed by atoms with Gasteiger partial charge in [0.2, 0.25) is 0 Å². The Morgan fingerprint density at radius 3 is 2.42 bits per heavy atom. The van der Waals surface area contributed by atoms with Crippen LogP contribution in [0.15, 0.2) is 0 Å². The van der Waals surface area contributed by atoms with E-state index in [2.05, 4.69) is 42.2 Å². The van der Waals surface area contributed by atoms with Gasteiger partial charge in [0.1, 0.15) is 0 Å². The molecule has 1 nitrogen and oxygen atoms in total. The fraction of sp³-hybridized carbons (Fsp3) is 1.00. The summed E-state index contributed by atoms with van der Waals surface area (Å²) in [5, 5.41) is 0. The number of halogens is 1. The van der Waals surface area contributed by atoms with Crippen LogP contribution in [-0.4, -0.2) is 18.8 Å². The second kappa shape index (κ2) is 4.42. The van der Waals surface area contributed by atoms with Crippen molar-refractivity contribution < 1.29 is 4.43 Å².